The summed E-state index contributed by atoms with van der Waals surface area (Å²) in [6.07, 6.45) is 0.171. The summed E-state index contributed by atoms with van der Waals surface area (Å²) < 4.78 is 5.11. The molecule has 4 heteroatoms. The molecule has 1 atom stereocenters. The second-order valence-electron chi connectivity index (χ2n) is 4.36. The van der Waals surface area contributed by atoms with Crippen LogP contribution in [0.1, 0.15) is 25.8 Å². The van der Waals surface area contributed by atoms with Gasteiger partial charge in [-0.2, -0.15) is 0 Å². The molecule has 4 nitrogen and oxygen atoms in total. The minimum Gasteiger partial charge on any atom is -0.497 e. The molecule has 1 N–H and O–H groups in total. The van der Waals surface area contributed by atoms with Crippen LogP contribution < -0.4 is 4.74 Å². The van der Waals surface area contributed by atoms with E-state index in [1.54, 1.807) is 7.11 Å². The van der Waals surface area contributed by atoms with Crippen LogP contribution in [0.15, 0.2) is 24.3 Å². The number of methoxy groups -OCH3 is 1. The molecule has 0 saturated carbocycles. The first-order chi connectivity index (χ1) is 8.56. The summed E-state index contributed by atoms with van der Waals surface area (Å²) in [6.45, 7) is 5.58. The standard InChI is InChI=1S/C14H21NO3/c1-4-15(11(2)9-14(16)17)10-12-5-7-13(18-3)8-6-12/h5-8,11H,4,9-10H2,1-3H3,(H,16,17). The van der Waals surface area contributed by atoms with Crippen molar-refractivity contribution >= 4 is 5.97 Å². The zero-order chi connectivity index (χ0) is 13.5. The third-order valence-corrected chi connectivity index (χ3v) is 3.04. The lowest BCUT2D eigenvalue weighted by Crippen LogP contribution is -2.34. The number of carboxylic acids is 1. The molecule has 0 fully saturated rings. The van der Waals surface area contributed by atoms with E-state index in [1.807, 2.05) is 38.1 Å². The highest BCUT2D eigenvalue weighted by molar-refractivity contribution is 5.67. The number of rotatable bonds is 7. The number of hydrogen-bond acceptors (Lipinski definition) is 3. The molecule has 1 aromatic rings. The number of carboxylic acid groups (broad SMARTS) is 1. The maximum Gasteiger partial charge on any atom is 0.304 e. The molecule has 1 unspecified atom stereocenters. The predicted molar refractivity (Wildman–Crippen MR) is 70.8 cm³/mol. The lowest BCUT2D eigenvalue weighted by atomic mass is 10.1. The first-order valence-corrected chi connectivity index (χ1v) is 6.15. The minimum absolute atomic E-state index is 0.0367. The Hall–Kier alpha value is -1.55. The van der Waals surface area contributed by atoms with Crippen LogP contribution in [-0.4, -0.2) is 35.7 Å². The summed E-state index contributed by atoms with van der Waals surface area (Å²) >= 11 is 0. The van der Waals surface area contributed by atoms with Gasteiger partial charge in [0.15, 0.2) is 0 Å². The smallest absolute Gasteiger partial charge is 0.304 e. The van der Waals surface area contributed by atoms with Crippen LogP contribution in [0.4, 0.5) is 0 Å². The minimum atomic E-state index is -0.754. The molecule has 0 aliphatic heterocycles. The monoisotopic (exact) mass is 251 g/mol. The normalized spacial score (nSPS) is 12.4. The van der Waals surface area contributed by atoms with E-state index in [4.69, 9.17) is 9.84 Å². The highest BCUT2D eigenvalue weighted by Crippen LogP contribution is 2.15. The van der Waals surface area contributed by atoms with Gasteiger partial charge in [0.25, 0.3) is 0 Å². The van der Waals surface area contributed by atoms with Gasteiger partial charge in [0.05, 0.1) is 13.5 Å². The van der Waals surface area contributed by atoms with Crippen molar-refractivity contribution in [2.75, 3.05) is 13.7 Å². The maximum absolute atomic E-state index is 10.7. The lowest BCUT2D eigenvalue weighted by molar-refractivity contribution is -0.138. The molecule has 0 spiro atoms. The van der Waals surface area contributed by atoms with Crippen LogP contribution >= 0.6 is 0 Å². The summed E-state index contributed by atoms with van der Waals surface area (Å²) in [6, 6.07) is 7.90. The van der Waals surface area contributed by atoms with Crippen molar-refractivity contribution in [3.8, 4) is 5.75 Å². The molecule has 1 aromatic carbocycles. The predicted octanol–water partition coefficient (Wildman–Crippen LogP) is 2.38. The molecule has 0 radical (unpaired) electrons. The second-order valence-corrected chi connectivity index (χ2v) is 4.36. The van der Waals surface area contributed by atoms with Gasteiger partial charge in [-0.1, -0.05) is 19.1 Å². The largest absolute Gasteiger partial charge is 0.497 e. The molecule has 100 valence electrons. The number of ether oxygens (including phenoxy) is 1. The van der Waals surface area contributed by atoms with E-state index in [1.165, 1.54) is 0 Å². The van der Waals surface area contributed by atoms with Crippen molar-refractivity contribution < 1.29 is 14.6 Å². The van der Waals surface area contributed by atoms with Crippen LogP contribution in [0.2, 0.25) is 0 Å². The molecule has 0 amide bonds. The number of aliphatic carboxylic acids is 1. The number of hydrogen-bond donors (Lipinski definition) is 1. The Bertz CT molecular complexity index is 375. The highest BCUT2D eigenvalue weighted by atomic mass is 16.5. The summed E-state index contributed by atoms with van der Waals surface area (Å²) in [5.74, 6) is 0.0797. The molecule has 0 saturated heterocycles. The maximum atomic E-state index is 10.7. The van der Waals surface area contributed by atoms with Gasteiger partial charge in [-0.15, -0.1) is 0 Å². The summed E-state index contributed by atoms with van der Waals surface area (Å²) in [5.41, 5.74) is 1.16. The molecule has 1 rings (SSSR count). The Balaban J connectivity index is 2.63. The Kier molecular flexibility index (Phi) is 5.65. The first-order valence-electron chi connectivity index (χ1n) is 6.15. The van der Waals surface area contributed by atoms with Gasteiger partial charge in [0, 0.05) is 12.6 Å². The summed E-state index contributed by atoms with van der Waals surface area (Å²) in [4.78, 5) is 12.9. The van der Waals surface area contributed by atoms with Gasteiger partial charge in [0.1, 0.15) is 5.75 Å². The molecule has 0 heterocycles. The van der Waals surface area contributed by atoms with E-state index >= 15 is 0 Å². The quantitative estimate of drug-likeness (QED) is 0.808. The Morgan fingerprint density at radius 2 is 2.00 bits per heavy atom. The molecular formula is C14H21NO3. The van der Waals surface area contributed by atoms with E-state index in [2.05, 4.69) is 4.90 Å². The second kappa shape index (κ2) is 7.01. The average molecular weight is 251 g/mol. The van der Waals surface area contributed by atoms with Crippen molar-refractivity contribution in [3.05, 3.63) is 29.8 Å². The average Bonchev–Trinajstić information content (AvgIpc) is 2.35. The van der Waals surface area contributed by atoms with Crippen LogP contribution in [0, 0.1) is 0 Å². The van der Waals surface area contributed by atoms with Gasteiger partial charge >= 0.3 is 5.97 Å². The highest BCUT2D eigenvalue weighted by Gasteiger charge is 2.15. The third-order valence-electron chi connectivity index (χ3n) is 3.04. The van der Waals surface area contributed by atoms with Crippen molar-refractivity contribution in [3.63, 3.8) is 0 Å². The van der Waals surface area contributed by atoms with E-state index in [-0.39, 0.29) is 12.5 Å². The van der Waals surface area contributed by atoms with Crippen molar-refractivity contribution in [1.82, 2.24) is 4.90 Å². The van der Waals surface area contributed by atoms with Gasteiger partial charge in [0.2, 0.25) is 0 Å². The molecule has 18 heavy (non-hydrogen) atoms. The number of benzene rings is 1. The zero-order valence-corrected chi connectivity index (χ0v) is 11.2. The molecule has 0 aromatic heterocycles. The molecular weight excluding hydrogens is 230 g/mol. The number of nitrogens with zero attached hydrogens (tertiary/aromatic N) is 1. The van der Waals surface area contributed by atoms with Crippen molar-refractivity contribution in [1.29, 1.82) is 0 Å². The van der Waals surface area contributed by atoms with E-state index in [0.29, 0.717) is 0 Å². The molecule has 0 bridgehead atoms. The van der Waals surface area contributed by atoms with Gasteiger partial charge in [-0.05, 0) is 31.2 Å². The molecule has 0 aliphatic rings. The fraction of sp³-hybridized carbons (Fsp3) is 0.500. The van der Waals surface area contributed by atoms with Crippen LogP contribution in [0.25, 0.3) is 0 Å². The Labute approximate surface area is 108 Å². The SMILES string of the molecule is CCN(Cc1ccc(OC)cc1)C(C)CC(=O)O. The fourth-order valence-electron chi connectivity index (χ4n) is 1.93. The zero-order valence-electron chi connectivity index (χ0n) is 11.2. The summed E-state index contributed by atoms with van der Waals surface area (Å²) in [7, 11) is 1.64. The van der Waals surface area contributed by atoms with E-state index in [0.717, 1.165) is 24.4 Å². The van der Waals surface area contributed by atoms with E-state index < -0.39 is 5.97 Å². The topological polar surface area (TPSA) is 49.8 Å². The lowest BCUT2D eigenvalue weighted by Gasteiger charge is -2.26. The van der Waals surface area contributed by atoms with Crippen LogP contribution in [-0.2, 0) is 11.3 Å². The van der Waals surface area contributed by atoms with E-state index in [9.17, 15) is 4.79 Å². The summed E-state index contributed by atoms with van der Waals surface area (Å²) in [5, 5.41) is 8.82. The van der Waals surface area contributed by atoms with Crippen LogP contribution in [0.3, 0.4) is 0 Å². The van der Waals surface area contributed by atoms with Gasteiger partial charge in [-0.25, -0.2) is 0 Å². The van der Waals surface area contributed by atoms with Crippen molar-refractivity contribution in [2.45, 2.75) is 32.9 Å². The Morgan fingerprint density at radius 3 is 2.44 bits per heavy atom. The fourth-order valence-corrected chi connectivity index (χ4v) is 1.93. The number of carbonyl (C=O) groups is 1. The molecule has 0 aliphatic carbocycles. The van der Waals surface area contributed by atoms with Crippen molar-refractivity contribution in [2.24, 2.45) is 0 Å². The van der Waals surface area contributed by atoms with Gasteiger partial charge in [-0.3, -0.25) is 9.69 Å². The first kappa shape index (κ1) is 14.5. The third kappa shape index (κ3) is 4.37. The van der Waals surface area contributed by atoms with Gasteiger partial charge < -0.3 is 9.84 Å². The Morgan fingerprint density at radius 1 is 1.39 bits per heavy atom. The van der Waals surface area contributed by atoms with Crippen LogP contribution in [0.5, 0.6) is 5.75 Å².